The Balaban J connectivity index is 1.82. The number of nitrogens with zero attached hydrogens (tertiary/aromatic N) is 2. The number of hydrogen-bond donors (Lipinski definition) is 1. The fourth-order valence-corrected chi connectivity index (χ4v) is 3.08. The van der Waals surface area contributed by atoms with Gasteiger partial charge in [0.15, 0.2) is 0 Å². The van der Waals surface area contributed by atoms with Crippen molar-refractivity contribution in [1.82, 2.24) is 9.55 Å². The number of nitrogens with two attached hydrogens (primary N) is 1. The summed E-state index contributed by atoms with van der Waals surface area (Å²) in [5.74, 6) is 1.08. The number of aryl methyl sites for hydroxylation is 1. The van der Waals surface area contributed by atoms with Crippen molar-refractivity contribution in [1.29, 1.82) is 0 Å². The number of rotatable bonds is 4. The molecule has 0 amide bonds. The van der Waals surface area contributed by atoms with E-state index in [1.165, 1.54) is 11.9 Å². The molecule has 2 aromatic rings. The van der Waals surface area contributed by atoms with Gasteiger partial charge >= 0.3 is 0 Å². The van der Waals surface area contributed by atoms with Gasteiger partial charge in [0.25, 0.3) is 0 Å². The summed E-state index contributed by atoms with van der Waals surface area (Å²) < 4.78 is 8.06. The van der Waals surface area contributed by atoms with Crippen molar-refractivity contribution in [3.63, 3.8) is 0 Å². The number of para-hydroxylation sites is 2. The van der Waals surface area contributed by atoms with E-state index in [0.29, 0.717) is 0 Å². The van der Waals surface area contributed by atoms with Gasteiger partial charge in [-0.1, -0.05) is 12.1 Å². The van der Waals surface area contributed by atoms with Crippen molar-refractivity contribution in [2.45, 2.75) is 51.3 Å². The zero-order chi connectivity index (χ0) is 13.9. The molecule has 1 aliphatic rings. The highest BCUT2D eigenvalue weighted by Crippen LogP contribution is 2.20. The maximum absolute atomic E-state index is 6.35. The fourth-order valence-electron chi connectivity index (χ4n) is 3.08. The summed E-state index contributed by atoms with van der Waals surface area (Å²) in [6, 6.07) is 8.32. The van der Waals surface area contributed by atoms with Crippen LogP contribution in [-0.4, -0.2) is 28.3 Å². The molecule has 0 saturated carbocycles. The topological polar surface area (TPSA) is 53.1 Å². The van der Waals surface area contributed by atoms with Gasteiger partial charge in [-0.3, -0.25) is 0 Å². The molecule has 1 aromatic carbocycles. The summed E-state index contributed by atoms with van der Waals surface area (Å²) in [6.45, 7) is 3.93. The Hall–Kier alpha value is -1.39. The number of hydrogen-bond acceptors (Lipinski definition) is 3. The van der Waals surface area contributed by atoms with Gasteiger partial charge in [-0.05, 0) is 38.3 Å². The van der Waals surface area contributed by atoms with E-state index in [0.717, 1.165) is 43.8 Å². The summed E-state index contributed by atoms with van der Waals surface area (Å²) in [5.41, 5.74) is 8.60. The molecule has 20 heavy (non-hydrogen) atoms. The van der Waals surface area contributed by atoms with Gasteiger partial charge in [-0.25, -0.2) is 4.98 Å². The van der Waals surface area contributed by atoms with Crippen LogP contribution in [0.2, 0.25) is 0 Å². The fraction of sp³-hybridized carbons (Fsp3) is 0.562. The second-order valence-electron chi connectivity index (χ2n) is 5.53. The van der Waals surface area contributed by atoms with E-state index in [-0.39, 0.29) is 12.1 Å². The molecule has 1 saturated heterocycles. The van der Waals surface area contributed by atoms with Gasteiger partial charge in [0.1, 0.15) is 5.82 Å². The van der Waals surface area contributed by atoms with Crippen molar-refractivity contribution in [2.75, 3.05) is 6.61 Å². The average molecular weight is 273 g/mol. The molecule has 108 valence electrons. The minimum atomic E-state index is 0.0393. The normalized spacial score (nSPS) is 21.2. The molecule has 2 atom stereocenters. The van der Waals surface area contributed by atoms with Gasteiger partial charge < -0.3 is 15.0 Å². The van der Waals surface area contributed by atoms with Gasteiger partial charge in [0.05, 0.1) is 17.1 Å². The summed E-state index contributed by atoms with van der Waals surface area (Å²) in [7, 11) is 0. The Labute approximate surface area is 119 Å². The second-order valence-corrected chi connectivity index (χ2v) is 5.53. The number of fused-ring (bicyclic) bond motifs is 1. The van der Waals surface area contributed by atoms with E-state index in [4.69, 9.17) is 15.5 Å². The first-order chi connectivity index (χ1) is 9.79. The van der Waals surface area contributed by atoms with Crippen LogP contribution in [0.15, 0.2) is 24.3 Å². The Kier molecular flexibility index (Phi) is 4.03. The average Bonchev–Trinajstić information content (AvgIpc) is 2.85. The van der Waals surface area contributed by atoms with Crippen LogP contribution in [0.5, 0.6) is 0 Å². The van der Waals surface area contributed by atoms with Crippen molar-refractivity contribution in [2.24, 2.45) is 5.73 Å². The molecule has 4 nitrogen and oxygen atoms in total. The second kappa shape index (κ2) is 5.94. The predicted molar refractivity (Wildman–Crippen MR) is 80.7 cm³/mol. The Morgan fingerprint density at radius 3 is 3.00 bits per heavy atom. The highest BCUT2D eigenvalue weighted by atomic mass is 16.5. The van der Waals surface area contributed by atoms with Crippen molar-refractivity contribution < 1.29 is 4.74 Å². The largest absolute Gasteiger partial charge is 0.377 e. The molecule has 2 heterocycles. The van der Waals surface area contributed by atoms with E-state index in [1.54, 1.807) is 0 Å². The minimum absolute atomic E-state index is 0.0393. The van der Waals surface area contributed by atoms with Gasteiger partial charge in [-0.15, -0.1) is 0 Å². The standard InChI is InChI=1S/C16H23N3O/c1-2-19-14-8-4-3-7-13(14)18-16(19)11-12(17)15-9-5-6-10-20-15/h3-4,7-8,12,15H,2,5-6,9-11,17H2,1H3. The molecular formula is C16H23N3O. The molecule has 4 heteroatoms. The summed E-state index contributed by atoms with van der Waals surface area (Å²) in [5, 5.41) is 0. The van der Waals surface area contributed by atoms with Crippen LogP contribution in [0.25, 0.3) is 11.0 Å². The SMILES string of the molecule is CCn1c(CC(N)C2CCCCO2)nc2ccccc21. The monoisotopic (exact) mass is 273 g/mol. The van der Waals surface area contributed by atoms with Crippen LogP contribution in [0.3, 0.4) is 0 Å². The number of aromatic nitrogens is 2. The first-order valence-electron chi connectivity index (χ1n) is 7.61. The molecule has 0 radical (unpaired) electrons. The quantitative estimate of drug-likeness (QED) is 0.931. The smallest absolute Gasteiger partial charge is 0.111 e. The Bertz CT molecular complexity index is 572. The molecule has 3 rings (SSSR count). The van der Waals surface area contributed by atoms with E-state index in [1.807, 2.05) is 6.07 Å². The van der Waals surface area contributed by atoms with Crippen molar-refractivity contribution in [3.8, 4) is 0 Å². The third kappa shape index (κ3) is 2.58. The third-order valence-electron chi connectivity index (χ3n) is 4.16. The highest BCUT2D eigenvalue weighted by Gasteiger charge is 2.23. The maximum atomic E-state index is 6.35. The van der Waals surface area contributed by atoms with Gasteiger partial charge in [-0.2, -0.15) is 0 Å². The molecule has 0 bridgehead atoms. The molecule has 0 spiro atoms. The lowest BCUT2D eigenvalue weighted by atomic mass is 10.00. The van der Waals surface area contributed by atoms with Crippen LogP contribution < -0.4 is 5.73 Å². The van der Waals surface area contributed by atoms with Crippen LogP contribution in [0, 0.1) is 0 Å². The van der Waals surface area contributed by atoms with E-state index >= 15 is 0 Å². The zero-order valence-corrected chi connectivity index (χ0v) is 12.1. The highest BCUT2D eigenvalue weighted by molar-refractivity contribution is 5.75. The van der Waals surface area contributed by atoms with Crippen LogP contribution >= 0.6 is 0 Å². The van der Waals surface area contributed by atoms with E-state index in [9.17, 15) is 0 Å². The van der Waals surface area contributed by atoms with Crippen molar-refractivity contribution in [3.05, 3.63) is 30.1 Å². The van der Waals surface area contributed by atoms with E-state index < -0.39 is 0 Å². The third-order valence-corrected chi connectivity index (χ3v) is 4.16. The Morgan fingerprint density at radius 2 is 2.25 bits per heavy atom. The lowest BCUT2D eigenvalue weighted by Crippen LogP contribution is -2.41. The minimum Gasteiger partial charge on any atom is -0.377 e. The maximum Gasteiger partial charge on any atom is 0.111 e. The molecule has 2 unspecified atom stereocenters. The summed E-state index contributed by atoms with van der Waals surface area (Å²) in [6.07, 6.45) is 4.44. The zero-order valence-electron chi connectivity index (χ0n) is 12.1. The molecular weight excluding hydrogens is 250 g/mol. The lowest BCUT2D eigenvalue weighted by molar-refractivity contribution is 0.000181. The van der Waals surface area contributed by atoms with Crippen molar-refractivity contribution >= 4 is 11.0 Å². The van der Waals surface area contributed by atoms with Crippen LogP contribution in [0.4, 0.5) is 0 Å². The number of ether oxygens (including phenoxy) is 1. The van der Waals surface area contributed by atoms with Gasteiger partial charge in [0.2, 0.25) is 0 Å². The van der Waals surface area contributed by atoms with Crippen LogP contribution in [0.1, 0.15) is 32.0 Å². The first kappa shape index (κ1) is 13.6. The van der Waals surface area contributed by atoms with E-state index in [2.05, 4.69) is 29.7 Å². The predicted octanol–water partition coefficient (Wildman–Crippen LogP) is 2.50. The molecule has 1 aliphatic heterocycles. The van der Waals surface area contributed by atoms with Gasteiger partial charge in [0, 0.05) is 25.6 Å². The molecule has 1 fully saturated rings. The number of imidazole rings is 1. The number of benzene rings is 1. The summed E-state index contributed by atoms with van der Waals surface area (Å²) >= 11 is 0. The molecule has 2 N–H and O–H groups in total. The Morgan fingerprint density at radius 1 is 1.40 bits per heavy atom. The molecule has 0 aliphatic carbocycles. The summed E-state index contributed by atoms with van der Waals surface area (Å²) in [4.78, 5) is 4.75. The first-order valence-corrected chi connectivity index (χ1v) is 7.61. The van der Waals surface area contributed by atoms with Crippen LogP contribution in [-0.2, 0) is 17.7 Å². The molecule has 1 aromatic heterocycles. The lowest BCUT2D eigenvalue weighted by Gasteiger charge is -2.27.